The van der Waals surface area contributed by atoms with Crippen LogP contribution in [0.1, 0.15) is 30.9 Å². The van der Waals surface area contributed by atoms with E-state index in [9.17, 15) is 9.90 Å². The lowest BCUT2D eigenvalue weighted by Gasteiger charge is -2.40. The first-order valence-corrected chi connectivity index (χ1v) is 8.15. The Kier molecular flexibility index (Phi) is 3.20. The third-order valence-electron chi connectivity index (χ3n) is 4.71. The van der Waals surface area contributed by atoms with Gasteiger partial charge in [-0.15, -0.1) is 0 Å². The highest BCUT2D eigenvalue weighted by Crippen LogP contribution is 2.42. The van der Waals surface area contributed by atoms with E-state index in [2.05, 4.69) is 26.1 Å². The van der Waals surface area contributed by atoms with Crippen LogP contribution in [-0.2, 0) is 9.53 Å². The zero-order valence-electron chi connectivity index (χ0n) is 11.5. The Morgan fingerprint density at radius 1 is 1.38 bits per heavy atom. The summed E-state index contributed by atoms with van der Waals surface area (Å²) in [7, 11) is 0. The lowest BCUT2D eigenvalue weighted by Crippen LogP contribution is -2.48. The molecule has 0 spiro atoms. The lowest BCUT2D eigenvalue weighted by molar-refractivity contribution is -0.123. The summed E-state index contributed by atoms with van der Waals surface area (Å²) in [5, 5.41) is 12.6. The summed E-state index contributed by atoms with van der Waals surface area (Å²) in [5.41, 5.74) is 2.43. The number of ether oxygens (including phenoxy) is 1. The summed E-state index contributed by atoms with van der Waals surface area (Å²) in [5.74, 6) is -0.352. The normalized spacial score (nSPS) is 31.0. The predicted octanol–water partition coefficient (Wildman–Crippen LogP) is 2.19. The van der Waals surface area contributed by atoms with E-state index in [0.29, 0.717) is 23.4 Å². The number of carbonyl (C=O) groups excluding carboxylic acids is 1. The van der Waals surface area contributed by atoms with Gasteiger partial charge in [-0.05, 0) is 47.3 Å². The highest BCUT2D eigenvalue weighted by Gasteiger charge is 2.38. The van der Waals surface area contributed by atoms with E-state index >= 15 is 0 Å². The first-order valence-electron chi connectivity index (χ1n) is 7.36. The topological polar surface area (TPSA) is 61.8 Å². The van der Waals surface area contributed by atoms with E-state index in [-0.39, 0.29) is 5.91 Å². The van der Waals surface area contributed by atoms with Crippen LogP contribution in [0.4, 0.5) is 11.4 Å². The summed E-state index contributed by atoms with van der Waals surface area (Å²) in [6.07, 6.45) is 2.72. The van der Waals surface area contributed by atoms with Crippen molar-refractivity contribution in [2.24, 2.45) is 0 Å². The van der Waals surface area contributed by atoms with Gasteiger partial charge in [-0.2, -0.15) is 0 Å². The van der Waals surface area contributed by atoms with Crippen LogP contribution in [0.5, 0.6) is 0 Å². The van der Waals surface area contributed by atoms with Crippen LogP contribution in [-0.4, -0.2) is 36.3 Å². The molecule has 6 heteroatoms. The van der Waals surface area contributed by atoms with Crippen molar-refractivity contribution in [3.63, 3.8) is 0 Å². The number of fused-ring (bicyclic) bond motifs is 2. The first-order chi connectivity index (χ1) is 10.1. The molecule has 4 rings (SSSR count). The fourth-order valence-electron chi connectivity index (χ4n) is 3.70. The van der Waals surface area contributed by atoms with Gasteiger partial charge < -0.3 is 20.1 Å². The van der Waals surface area contributed by atoms with Crippen LogP contribution in [0.25, 0.3) is 0 Å². The fraction of sp³-hybridized carbons (Fsp3) is 0.533. The molecular formula is C15H17BrN2O3. The Morgan fingerprint density at radius 2 is 2.24 bits per heavy atom. The third kappa shape index (κ3) is 2.08. The van der Waals surface area contributed by atoms with E-state index < -0.39 is 6.10 Å². The zero-order chi connectivity index (χ0) is 14.6. The molecule has 5 nitrogen and oxygen atoms in total. The standard InChI is InChI=1S/C15H17BrN2O3/c16-9-6-8-10(17-15(20)14(8)19)7-12(9)18-4-5-21-13-3-1-2-11(13)18/h6-7,11,13-14,19H,1-5H2,(H,17,20). The maximum atomic E-state index is 11.6. The number of carbonyl (C=O) groups is 1. The van der Waals surface area contributed by atoms with E-state index in [1.807, 2.05) is 12.1 Å². The molecule has 2 N–H and O–H groups in total. The number of aliphatic hydroxyl groups is 1. The van der Waals surface area contributed by atoms with Gasteiger partial charge in [-0.25, -0.2) is 0 Å². The Hall–Kier alpha value is -1.11. The number of benzene rings is 1. The smallest absolute Gasteiger partial charge is 0.257 e. The first kappa shape index (κ1) is 13.5. The minimum atomic E-state index is -1.06. The molecule has 2 fully saturated rings. The molecule has 1 aromatic rings. The van der Waals surface area contributed by atoms with Crippen molar-refractivity contribution < 1.29 is 14.6 Å². The second-order valence-electron chi connectivity index (χ2n) is 5.88. The molecule has 2 heterocycles. The maximum absolute atomic E-state index is 11.6. The van der Waals surface area contributed by atoms with Crippen LogP contribution in [0, 0.1) is 0 Å². The van der Waals surface area contributed by atoms with Gasteiger partial charge >= 0.3 is 0 Å². The second kappa shape index (κ2) is 4.97. The van der Waals surface area contributed by atoms with Crippen molar-refractivity contribution in [2.75, 3.05) is 23.4 Å². The number of hydrogen-bond donors (Lipinski definition) is 2. The number of hydrogen-bond acceptors (Lipinski definition) is 4. The number of nitrogens with one attached hydrogen (secondary N) is 1. The number of anilines is 2. The largest absolute Gasteiger partial charge is 0.378 e. The van der Waals surface area contributed by atoms with Gasteiger partial charge in [0.05, 0.1) is 24.4 Å². The van der Waals surface area contributed by atoms with Gasteiger partial charge in [0.25, 0.3) is 5.91 Å². The van der Waals surface area contributed by atoms with Crippen molar-refractivity contribution in [3.05, 3.63) is 22.2 Å². The molecule has 1 aromatic carbocycles. The van der Waals surface area contributed by atoms with E-state index in [0.717, 1.165) is 36.2 Å². The molecule has 0 aromatic heterocycles. The molecule has 21 heavy (non-hydrogen) atoms. The number of morpholine rings is 1. The van der Waals surface area contributed by atoms with Gasteiger partial charge in [-0.3, -0.25) is 4.79 Å². The molecular weight excluding hydrogens is 336 g/mol. The SMILES string of the molecule is O=C1Nc2cc(N3CCOC4CCCC43)c(Br)cc2C1O. The molecule has 3 aliphatic rings. The van der Waals surface area contributed by atoms with Crippen LogP contribution in [0.2, 0.25) is 0 Å². The van der Waals surface area contributed by atoms with Gasteiger partial charge in [0.2, 0.25) is 0 Å². The molecule has 1 amide bonds. The van der Waals surface area contributed by atoms with Crippen molar-refractivity contribution in [2.45, 2.75) is 37.5 Å². The lowest BCUT2D eigenvalue weighted by atomic mass is 10.1. The molecule has 3 atom stereocenters. The number of aliphatic hydroxyl groups excluding tert-OH is 1. The summed E-state index contributed by atoms with van der Waals surface area (Å²) in [6.45, 7) is 1.59. The summed E-state index contributed by atoms with van der Waals surface area (Å²) >= 11 is 3.60. The van der Waals surface area contributed by atoms with E-state index in [1.165, 1.54) is 6.42 Å². The fourth-order valence-corrected chi connectivity index (χ4v) is 4.29. The minimum Gasteiger partial charge on any atom is -0.378 e. The van der Waals surface area contributed by atoms with Crippen LogP contribution in [0.15, 0.2) is 16.6 Å². The van der Waals surface area contributed by atoms with Crippen LogP contribution in [0.3, 0.4) is 0 Å². The van der Waals surface area contributed by atoms with Gasteiger partial charge in [0, 0.05) is 22.3 Å². The molecule has 3 unspecified atom stereocenters. The molecule has 2 aliphatic heterocycles. The van der Waals surface area contributed by atoms with Crippen LogP contribution < -0.4 is 10.2 Å². The molecule has 1 saturated carbocycles. The minimum absolute atomic E-state index is 0.319. The van der Waals surface area contributed by atoms with Crippen molar-refractivity contribution in [1.82, 2.24) is 0 Å². The Bertz CT molecular complexity index is 607. The van der Waals surface area contributed by atoms with Crippen molar-refractivity contribution >= 4 is 33.2 Å². The Morgan fingerprint density at radius 3 is 3.10 bits per heavy atom. The summed E-state index contributed by atoms with van der Waals surface area (Å²) in [4.78, 5) is 14.0. The number of rotatable bonds is 1. The monoisotopic (exact) mass is 352 g/mol. The molecule has 1 saturated heterocycles. The quantitative estimate of drug-likeness (QED) is 0.813. The van der Waals surface area contributed by atoms with E-state index in [4.69, 9.17) is 4.74 Å². The van der Waals surface area contributed by atoms with Crippen molar-refractivity contribution in [3.8, 4) is 0 Å². The zero-order valence-corrected chi connectivity index (χ0v) is 13.1. The van der Waals surface area contributed by atoms with E-state index in [1.54, 1.807) is 0 Å². The highest BCUT2D eigenvalue weighted by atomic mass is 79.9. The van der Waals surface area contributed by atoms with Crippen molar-refractivity contribution in [1.29, 1.82) is 0 Å². The predicted molar refractivity (Wildman–Crippen MR) is 82.5 cm³/mol. The molecule has 1 aliphatic carbocycles. The average Bonchev–Trinajstić information content (AvgIpc) is 3.05. The van der Waals surface area contributed by atoms with Gasteiger partial charge in [0.1, 0.15) is 0 Å². The second-order valence-corrected chi connectivity index (χ2v) is 6.74. The van der Waals surface area contributed by atoms with Gasteiger partial charge in [-0.1, -0.05) is 0 Å². The molecule has 0 bridgehead atoms. The van der Waals surface area contributed by atoms with Gasteiger partial charge in [0.15, 0.2) is 6.10 Å². The molecule has 112 valence electrons. The number of halogens is 1. The number of nitrogens with zero attached hydrogens (tertiary/aromatic N) is 1. The van der Waals surface area contributed by atoms with Crippen LogP contribution >= 0.6 is 15.9 Å². The average molecular weight is 353 g/mol. The Labute approximate surface area is 131 Å². The summed E-state index contributed by atoms with van der Waals surface area (Å²) < 4.78 is 6.77. The molecule has 0 radical (unpaired) electrons. The number of amides is 1. The highest BCUT2D eigenvalue weighted by molar-refractivity contribution is 9.10. The Balaban J connectivity index is 1.72. The summed E-state index contributed by atoms with van der Waals surface area (Å²) in [6, 6.07) is 4.23. The maximum Gasteiger partial charge on any atom is 0.257 e. The third-order valence-corrected chi connectivity index (χ3v) is 5.35.